The lowest BCUT2D eigenvalue weighted by molar-refractivity contribution is 0.0132. The molecule has 1 aromatic rings. The van der Waals surface area contributed by atoms with Crippen molar-refractivity contribution in [2.24, 2.45) is 10.9 Å². The maximum atomic E-state index is 5.54. The number of likely N-dealkylation sites (N-methyl/N-ethyl adjacent to an activating group) is 1. The number of ether oxygens (including phenoxy) is 3. The van der Waals surface area contributed by atoms with E-state index in [-0.39, 0.29) is 6.04 Å². The van der Waals surface area contributed by atoms with Crippen LogP contribution in [0.15, 0.2) is 23.2 Å². The highest BCUT2D eigenvalue weighted by molar-refractivity contribution is 5.79. The molecule has 8 nitrogen and oxygen atoms in total. The number of benzene rings is 1. The average Bonchev–Trinajstić information content (AvgIpc) is 2.80. The van der Waals surface area contributed by atoms with E-state index >= 15 is 0 Å². The summed E-state index contributed by atoms with van der Waals surface area (Å²) in [4.78, 5) is 9.19. The van der Waals surface area contributed by atoms with Crippen molar-refractivity contribution in [3.63, 3.8) is 0 Å². The molecule has 2 N–H and O–H groups in total. The van der Waals surface area contributed by atoms with Crippen molar-refractivity contribution in [1.29, 1.82) is 0 Å². The van der Waals surface area contributed by atoms with Gasteiger partial charge in [-0.15, -0.1) is 0 Å². The molecule has 32 heavy (non-hydrogen) atoms. The number of hydrogen-bond acceptors (Lipinski definition) is 6. The third-order valence-corrected chi connectivity index (χ3v) is 5.91. The van der Waals surface area contributed by atoms with E-state index < -0.39 is 0 Å². The second kappa shape index (κ2) is 13.5. The highest BCUT2D eigenvalue weighted by atomic mass is 16.5. The van der Waals surface area contributed by atoms with E-state index in [1.807, 2.05) is 19.2 Å². The monoisotopic (exact) mass is 449 g/mol. The van der Waals surface area contributed by atoms with Crippen LogP contribution in [-0.4, -0.2) is 96.6 Å². The summed E-state index contributed by atoms with van der Waals surface area (Å²) in [5.41, 5.74) is 1.15. The maximum Gasteiger partial charge on any atom is 0.191 e. The Kier molecular flexibility index (Phi) is 11.1. The summed E-state index contributed by atoms with van der Waals surface area (Å²) in [5, 5.41) is 7.06. The summed E-state index contributed by atoms with van der Waals surface area (Å²) in [7, 11) is 9.30. The molecular weight excluding hydrogens is 406 g/mol. The minimum atomic E-state index is 0.152. The number of hydrogen-bond donors (Lipinski definition) is 2. The van der Waals surface area contributed by atoms with E-state index in [1.54, 1.807) is 14.2 Å². The van der Waals surface area contributed by atoms with Crippen molar-refractivity contribution in [2.75, 3.05) is 74.8 Å². The summed E-state index contributed by atoms with van der Waals surface area (Å²) >= 11 is 0. The van der Waals surface area contributed by atoms with Gasteiger partial charge < -0.3 is 29.7 Å². The largest absolute Gasteiger partial charge is 0.493 e. The van der Waals surface area contributed by atoms with Crippen LogP contribution >= 0.6 is 0 Å². The lowest BCUT2D eigenvalue weighted by Crippen LogP contribution is -2.51. The van der Waals surface area contributed by atoms with Gasteiger partial charge in [-0.25, -0.2) is 0 Å². The summed E-state index contributed by atoms with van der Waals surface area (Å²) in [6.07, 6.45) is 1.15. The topological polar surface area (TPSA) is 70.6 Å². The predicted molar refractivity (Wildman–Crippen MR) is 131 cm³/mol. The van der Waals surface area contributed by atoms with E-state index in [0.717, 1.165) is 62.3 Å². The molecule has 1 aliphatic heterocycles. The molecule has 0 aromatic heterocycles. The molecule has 1 saturated heterocycles. The van der Waals surface area contributed by atoms with Crippen LogP contribution in [0.5, 0.6) is 11.5 Å². The number of nitrogens with zero attached hydrogens (tertiary/aromatic N) is 3. The van der Waals surface area contributed by atoms with Gasteiger partial charge in [0.25, 0.3) is 0 Å². The highest BCUT2D eigenvalue weighted by Crippen LogP contribution is 2.31. The van der Waals surface area contributed by atoms with Crippen molar-refractivity contribution in [3.05, 3.63) is 23.8 Å². The van der Waals surface area contributed by atoms with Crippen LogP contribution < -0.4 is 20.1 Å². The number of methoxy groups -OCH3 is 2. The quantitative estimate of drug-likeness (QED) is 0.396. The molecule has 0 spiro atoms. The van der Waals surface area contributed by atoms with Crippen molar-refractivity contribution in [3.8, 4) is 11.5 Å². The molecule has 1 aliphatic rings. The van der Waals surface area contributed by atoms with Crippen LogP contribution in [0, 0.1) is 5.92 Å². The Morgan fingerprint density at radius 1 is 1.09 bits per heavy atom. The Balaban J connectivity index is 2.00. The first kappa shape index (κ1) is 26.2. The van der Waals surface area contributed by atoms with Gasteiger partial charge in [0, 0.05) is 39.3 Å². The summed E-state index contributed by atoms with van der Waals surface area (Å²) < 4.78 is 16.4. The van der Waals surface area contributed by atoms with Gasteiger partial charge in [-0.2, -0.15) is 0 Å². The van der Waals surface area contributed by atoms with Crippen LogP contribution in [0.25, 0.3) is 0 Å². The van der Waals surface area contributed by atoms with Crippen LogP contribution in [-0.2, 0) is 4.74 Å². The molecule has 0 amide bonds. The highest BCUT2D eigenvalue weighted by Gasteiger charge is 2.23. The molecule has 0 aliphatic carbocycles. The third kappa shape index (κ3) is 7.83. The summed E-state index contributed by atoms with van der Waals surface area (Å²) in [6.45, 7) is 9.76. The Morgan fingerprint density at radius 2 is 1.75 bits per heavy atom. The molecular formula is C24H43N5O3. The first-order chi connectivity index (χ1) is 15.4. The zero-order valence-electron chi connectivity index (χ0n) is 21.0. The second-order valence-corrected chi connectivity index (χ2v) is 8.86. The number of aliphatic imine (C=N–C) groups is 1. The number of nitrogens with one attached hydrogen (secondary N) is 2. The molecule has 0 bridgehead atoms. The van der Waals surface area contributed by atoms with Crippen molar-refractivity contribution >= 4 is 5.96 Å². The normalized spacial score (nSPS) is 17.3. The van der Waals surface area contributed by atoms with Gasteiger partial charge >= 0.3 is 0 Å². The van der Waals surface area contributed by atoms with Gasteiger partial charge in [-0.05, 0) is 44.1 Å². The van der Waals surface area contributed by atoms with Crippen LogP contribution in [0.1, 0.15) is 31.9 Å². The fourth-order valence-corrected chi connectivity index (χ4v) is 4.14. The molecule has 2 atom stereocenters. The first-order valence-corrected chi connectivity index (χ1v) is 11.5. The lowest BCUT2D eigenvalue weighted by atomic mass is 10.0. The predicted octanol–water partition coefficient (Wildman–Crippen LogP) is 2.22. The van der Waals surface area contributed by atoms with E-state index in [1.165, 1.54) is 0 Å². The molecule has 0 saturated carbocycles. The van der Waals surface area contributed by atoms with E-state index in [2.05, 4.69) is 59.4 Å². The molecule has 2 unspecified atom stereocenters. The third-order valence-electron chi connectivity index (χ3n) is 5.91. The molecule has 1 fully saturated rings. The minimum absolute atomic E-state index is 0.152. The fourth-order valence-electron chi connectivity index (χ4n) is 4.14. The van der Waals surface area contributed by atoms with Crippen LogP contribution in [0.3, 0.4) is 0 Å². The summed E-state index contributed by atoms with van der Waals surface area (Å²) in [5.74, 6) is 2.93. The van der Waals surface area contributed by atoms with Crippen LogP contribution in [0.4, 0.5) is 0 Å². The zero-order chi connectivity index (χ0) is 23.5. The van der Waals surface area contributed by atoms with Crippen molar-refractivity contribution < 1.29 is 14.2 Å². The number of rotatable bonds is 11. The standard InChI is InChI=1S/C24H43N5O3/c1-18(2)14-20(29-10-12-32-13-11-29)16-26-24(25-3)27-17-21(28(4)5)19-8-9-22(30-6)23(15-19)31-7/h8-9,15,18,20-21H,10-14,16-17H2,1-7H3,(H2,25,26,27). The Morgan fingerprint density at radius 3 is 2.31 bits per heavy atom. The molecule has 1 aromatic carbocycles. The van der Waals surface area contributed by atoms with Crippen molar-refractivity contribution in [2.45, 2.75) is 32.4 Å². The van der Waals surface area contributed by atoms with E-state index in [9.17, 15) is 0 Å². The minimum Gasteiger partial charge on any atom is -0.493 e. The number of morpholine rings is 1. The lowest BCUT2D eigenvalue weighted by Gasteiger charge is -2.36. The smallest absolute Gasteiger partial charge is 0.191 e. The molecule has 2 rings (SSSR count). The first-order valence-electron chi connectivity index (χ1n) is 11.5. The fraction of sp³-hybridized carbons (Fsp3) is 0.708. The average molecular weight is 450 g/mol. The van der Waals surface area contributed by atoms with Gasteiger partial charge in [-0.3, -0.25) is 9.89 Å². The van der Waals surface area contributed by atoms with Gasteiger partial charge in [0.15, 0.2) is 17.5 Å². The van der Waals surface area contributed by atoms with E-state index in [0.29, 0.717) is 18.5 Å². The van der Waals surface area contributed by atoms with Gasteiger partial charge in [-0.1, -0.05) is 19.9 Å². The Hall–Kier alpha value is -2.03. The molecule has 182 valence electrons. The Bertz CT molecular complexity index is 705. The second-order valence-electron chi connectivity index (χ2n) is 8.86. The number of guanidine groups is 1. The van der Waals surface area contributed by atoms with Crippen molar-refractivity contribution in [1.82, 2.24) is 20.4 Å². The summed E-state index contributed by atoms with van der Waals surface area (Å²) in [6, 6.07) is 6.70. The maximum absolute atomic E-state index is 5.54. The van der Waals surface area contributed by atoms with E-state index in [4.69, 9.17) is 14.2 Å². The molecule has 0 radical (unpaired) electrons. The Labute approximate surface area is 194 Å². The zero-order valence-corrected chi connectivity index (χ0v) is 21.0. The van der Waals surface area contributed by atoms with Crippen LogP contribution in [0.2, 0.25) is 0 Å². The van der Waals surface area contributed by atoms with Gasteiger partial charge in [0.2, 0.25) is 0 Å². The van der Waals surface area contributed by atoms with Gasteiger partial charge in [0.05, 0.1) is 33.5 Å². The SMILES string of the molecule is CN=C(NCC(c1ccc(OC)c(OC)c1)N(C)C)NCC(CC(C)C)N1CCOCC1. The van der Waals surface area contributed by atoms with Gasteiger partial charge in [0.1, 0.15) is 0 Å². The molecule has 1 heterocycles. The molecule has 8 heteroatoms.